The van der Waals surface area contributed by atoms with Gasteiger partial charge in [0.05, 0.1) is 12.3 Å². The summed E-state index contributed by atoms with van der Waals surface area (Å²) in [5.41, 5.74) is 0.300. The van der Waals surface area contributed by atoms with Gasteiger partial charge in [-0.1, -0.05) is 23.4 Å². The van der Waals surface area contributed by atoms with Crippen LogP contribution in [0.25, 0.3) is 0 Å². The van der Waals surface area contributed by atoms with Crippen LogP contribution < -0.4 is 4.52 Å². The number of carbonyl (C=O) groups is 2. The molecule has 0 radical (unpaired) electrons. The number of nitrogens with zero attached hydrogens (tertiary/aromatic N) is 2. The Balaban J connectivity index is 1.89. The van der Waals surface area contributed by atoms with Gasteiger partial charge in [0.2, 0.25) is 0 Å². The van der Waals surface area contributed by atoms with E-state index < -0.39 is 19.5 Å². The molecule has 196 valence electrons. The highest BCUT2D eigenvalue weighted by Crippen LogP contribution is 2.40. The third-order valence-electron chi connectivity index (χ3n) is 5.55. The molecule has 1 amide bonds. The second-order valence-electron chi connectivity index (χ2n) is 8.41. The molecule has 0 unspecified atom stereocenters. The maximum atomic E-state index is 12.7. The number of phosphoric ester groups is 1. The van der Waals surface area contributed by atoms with Gasteiger partial charge in [0.15, 0.2) is 6.61 Å². The second kappa shape index (κ2) is 13.2. The molecular weight excluding hydrogens is 491 g/mol. The summed E-state index contributed by atoms with van der Waals surface area (Å²) in [5.74, 6) is -1.87. The van der Waals surface area contributed by atoms with E-state index in [2.05, 4.69) is 9.68 Å². The Bertz CT molecular complexity index is 1070. The number of phenols is 1. The molecule has 1 aromatic carbocycles. The number of phosphoric acid groups is 1. The van der Waals surface area contributed by atoms with E-state index in [0.29, 0.717) is 31.6 Å². The molecule has 0 aliphatic carbocycles. The number of likely N-dealkylation sites (tertiary alicyclic amines) is 1. The highest BCUT2D eigenvalue weighted by Gasteiger charge is 2.24. The van der Waals surface area contributed by atoms with E-state index in [1.807, 2.05) is 18.2 Å². The molecule has 2 heterocycles. The number of phenolic OH excluding ortho intramolecular Hbond substituents is 1. The van der Waals surface area contributed by atoms with Gasteiger partial charge >= 0.3 is 13.8 Å². The zero-order valence-corrected chi connectivity index (χ0v) is 20.8. The summed E-state index contributed by atoms with van der Waals surface area (Å²) in [6, 6.07) is 2.16. The van der Waals surface area contributed by atoms with Crippen molar-refractivity contribution in [1.82, 2.24) is 4.90 Å². The van der Waals surface area contributed by atoms with Crippen LogP contribution in [0.3, 0.4) is 0 Å². The van der Waals surface area contributed by atoms with Crippen LogP contribution in [0.15, 0.2) is 41.6 Å². The van der Waals surface area contributed by atoms with Gasteiger partial charge in [-0.25, -0.2) is 9.36 Å². The summed E-state index contributed by atoms with van der Waals surface area (Å²) < 4.78 is 21.2. The summed E-state index contributed by atoms with van der Waals surface area (Å²) >= 11 is 0. The number of fused-ring (bicyclic) bond motifs is 1. The molecule has 3 N–H and O–H groups in total. The van der Waals surface area contributed by atoms with Crippen molar-refractivity contribution >= 4 is 25.4 Å². The molecule has 0 spiro atoms. The minimum absolute atomic E-state index is 0.0689. The largest absolute Gasteiger partial charge is 0.524 e. The van der Waals surface area contributed by atoms with Crippen LogP contribution in [0.4, 0.5) is 0 Å². The first-order chi connectivity index (χ1) is 17.2. The minimum Gasteiger partial charge on any atom is -0.507 e. The SMILES string of the molecule is O=C1OCC/C=C/CC/C=C/C(=N\OCC(=O)N2CCCCC2)Cc2cc(OP(=O)(O)O)cc(O)c21. The number of hydrogen-bond acceptors (Lipinski definition) is 8. The Hall–Kier alpha value is -3.14. The zero-order valence-electron chi connectivity index (χ0n) is 19.9. The molecule has 36 heavy (non-hydrogen) atoms. The molecule has 1 saturated heterocycles. The first kappa shape index (κ1) is 27.4. The lowest BCUT2D eigenvalue weighted by Gasteiger charge is -2.26. The average molecular weight is 522 g/mol. The molecule has 3 rings (SSSR count). The van der Waals surface area contributed by atoms with Crippen LogP contribution in [0.1, 0.15) is 54.4 Å². The number of amides is 1. The molecule has 1 fully saturated rings. The third kappa shape index (κ3) is 8.82. The minimum atomic E-state index is -4.92. The molecule has 2 aliphatic rings. The second-order valence-corrected chi connectivity index (χ2v) is 9.57. The monoisotopic (exact) mass is 522 g/mol. The predicted octanol–water partition coefficient (Wildman–Crippen LogP) is 3.24. The molecule has 2 aliphatic heterocycles. The van der Waals surface area contributed by atoms with Gasteiger partial charge in [0, 0.05) is 25.6 Å². The Morgan fingerprint density at radius 3 is 2.56 bits per heavy atom. The normalized spacial score (nSPS) is 20.6. The van der Waals surface area contributed by atoms with Gasteiger partial charge in [0.1, 0.15) is 17.1 Å². The number of hydrogen-bond donors (Lipinski definition) is 3. The first-order valence-corrected chi connectivity index (χ1v) is 13.3. The number of benzene rings is 1. The number of carbonyl (C=O) groups excluding carboxylic acids is 2. The molecule has 11 nitrogen and oxygen atoms in total. The number of piperidine rings is 1. The molecule has 0 aromatic heterocycles. The Kier molecular flexibility index (Phi) is 10.1. The van der Waals surface area contributed by atoms with Crippen molar-refractivity contribution in [2.24, 2.45) is 5.16 Å². The number of rotatable bonds is 5. The van der Waals surface area contributed by atoms with Crippen LogP contribution in [-0.4, -0.2) is 63.7 Å². The molecule has 1 aromatic rings. The Morgan fingerprint density at radius 1 is 1.08 bits per heavy atom. The van der Waals surface area contributed by atoms with Crippen LogP contribution >= 0.6 is 7.82 Å². The molecule has 0 bridgehead atoms. The quantitative estimate of drug-likeness (QED) is 0.229. The van der Waals surface area contributed by atoms with E-state index in [4.69, 9.17) is 9.57 Å². The number of allylic oxidation sites excluding steroid dienone is 3. The Labute approximate surface area is 209 Å². The number of cyclic esters (lactones) is 1. The number of oxime groups is 1. The average Bonchev–Trinajstić information content (AvgIpc) is 2.81. The van der Waals surface area contributed by atoms with Crippen molar-refractivity contribution in [3.8, 4) is 11.5 Å². The number of esters is 1. The van der Waals surface area contributed by atoms with Crippen molar-refractivity contribution < 1.29 is 43.1 Å². The van der Waals surface area contributed by atoms with Crippen molar-refractivity contribution in [3.63, 3.8) is 0 Å². The fourth-order valence-electron chi connectivity index (χ4n) is 3.88. The van der Waals surface area contributed by atoms with Crippen molar-refractivity contribution in [2.45, 2.75) is 44.9 Å². The van der Waals surface area contributed by atoms with E-state index in [0.717, 1.165) is 31.7 Å². The smallest absolute Gasteiger partial charge is 0.507 e. The summed E-state index contributed by atoms with van der Waals surface area (Å²) in [7, 11) is -4.92. The van der Waals surface area contributed by atoms with E-state index in [-0.39, 0.29) is 42.4 Å². The highest BCUT2D eigenvalue weighted by molar-refractivity contribution is 7.46. The number of aromatic hydroxyl groups is 1. The van der Waals surface area contributed by atoms with E-state index in [1.165, 1.54) is 6.07 Å². The Morgan fingerprint density at radius 2 is 1.81 bits per heavy atom. The predicted molar refractivity (Wildman–Crippen MR) is 131 cm³/mol. The molecule has 12 heteroatoms. The van der Waals surface area contributed by atoms with Gasteiger partial charge in [0.25, 0.3) is 5.91 Å². The summed E-state index contributed by atoms with van der Waals surface area (Å²) in [4.78, 5) is 50.6. The lowest BCUT2D eigenvalue weighted by atomic mass is 9.99. The number of ether oxygens (including phenoxy) is 1. The summed E-state index contributed by atoms with van der Waals surface area (Å²) in [6.07, 6.45) is 12.3. The fourth-order valence-corrected chi connectivity index (χ4v) is 4.26. The van der Waals surface area contributed by atoms with Crippen LogP contribution in [0, 0.1) is 0 Å². The fraction of sp³-hybridized carbons (Fsp3) is 0.458. The van der Waals surface area contributed by atoms with E-state index >= 15 is 0 Å². The van der Waals surface area contributed by atoms with Crippen LogP contribution in [-0.2, 0) is 25.4 Å². The van der Waals surface area contributed by atoms with Crippen LogP contribution in [0.2, 0.25) is 0 Å². The molecule has 0 atom stereocenters. The van der Waals surface area contributed by atoms with Gasteiger partial charge in [-0.15, -0.1) is 0 Å². The third-order valence-corrected chi connectivity index (χ3v) is 5.99. The van der Waals surface area contributed by atoms with Gasteiger partial charge < -0.3 is 24.1 Å². The summed E-state index contributed by atoms with van der Waals surface area (Å²) in [6.45, 7) is 1.21. The lowest BCUT2D eigenvalue weighted by molar-refractivity contribution is -0.137. The standard InChI is InChI=1S/C24H31N2O9P/c27-21-16-20(35-36(30,31)32)15-18-14-19(25-34-17-22(28)26-11-7-5-8-12-26)10-6-3-1-2-4-9-13-33-24(29)23(18)21/h2,4,6,10,15-16,27H,1,3,5,7-9,11-14,17H2,(H2,30,31,32)/b4-2+,10-6+,25-19+. The topological polar surface area (TPSA) is 155 Å². The lowest BCUT2D eigenvalue weighted by Crippen LogP contribution is -2.37. The van der Waals surface area contributed by atoms with Crippen LogP contribution in [0.5, 0.6) is 11.5 Å². The molecular formula is C24H31N2O9P. The van der Waals surface area contributed by atoms with Crippen molar-refractivity contribution in [2.75, 3.05) is 26.3 Å². The van der Waals surface area contributed by atoms with Crippen molar-refractivity contribution in [1.29, 1.82) is 0 Å². The first-order valence-electron chi connectivity index (χ1n) is 11.8. The maximum Gasteiger partial charge on any atom is 0.524 e. The highest BCUT2D eigenvalue weighted by atomic mass is 31.2. The summed E-state index contributed by atoms with van der Waals surface area (Å²) in [5, 5.41) is 14.6. The maximum absolute atomic E-state index is 12.7. The van der Waals surface area contributed by atoms with E-state index in [9.17, 15) is 29.0 Å². The van der Waals surface area contributed by atoms with Gasteiger partial charge in [-0.05, 0) is 56.2 Å². The van der Waals surface area contributed by atoms with E-state index in [1.54, 1.807) is 11.0 Å². The molecule has 0 saturated carbocycles. The van der Waals surface area contributed by atoms with Crippen molar-refractivity contribution in [3.05, 3.63) is 47.6 Å². The van der Waals surface area contributed by atoms with Gasteiger partial charge in [-0.3, -0.25) is 14.6 Å². The van der Waals surface area contributed by atoms with Gasteiger partial charge in [-0.2, -0.15) is 0 Å². The zero-order chi connectivity index (χ0) is 26.0.